The molecule has 0 aromatic carbocycles. The highest BCUT2D eigenvalue weighted by molar-refractivity contribution is 7.90. The van der Waals surface area contributed by atoms with Crippen LogP contribution >= 0.6 is 0 Å². The topological polar surface area (TPSA) is 63.7 Å². The molecule has 0 saturated carbocycles. The van der Waals surface area contributed by atoms with E-state index in [2.05, 4.69) is 0 Å². The first-order valence-electron chi connectivity index (χ1n) is 5.28. The predicted molar refractivity (Wildman–Crippen MR) is 63.2 cm³/mol. The molecular formula is C10H21NO4S. The molecule has 0 aliphatic rings. The molecule has 0 fully saturated rings. The van der Waals surface area contributed by atoms with Gasteiger partial charge < -0.3 is 9.64 Å². The zero-order valence-corrected chi connectivity index (χ0v) is 11.4. The lowest BCUT2D eigenvalue weighted by Crippen LogP contribution is -2.41. The molecule has 0 heterocycles. The summed E-state index contributed by atoms with van der Waals surface area (Å²) in [6, 6.07) is -0.0759. The molecule has 0 spiro atoms. The van der Waals surface area contributed by atoms with Gasteiger partial charge in [0.2, 0.25) is 0 Å². The third kappa shape index (κ3) is 6.66. The van der Waals surface area contributed by atoms with Crippen molar-refractivity contribution in [1.29, 1.82) is 0 Å². The number of carbonyl (C=O) groups is 1. The molecule has 5 nitrogen and oxygen atoms in total. The van der Waals surface area contributed by atoms with E-state index in [4.69, 9.17) is 4.74 Å². The van der Waals surface area contributed by atoms with E-state index in [9.17, 15) is 13.2 Å². The lowest BCUT2D eigenvalue weighted by molar-refractivity contribution is 0.0700. The van der Waals surface area contributed by atoms with Crippen molar-refractivity contribution >= 4 is 15.9 Å². The van der Waals surface area contributed by atoms with Crippen molar-refractivity contribution in [3.63, 3.8) is 0 Å². The van der Waals surface area contributed by atoms with Gasteiger partial charge in [0.25, 0.3) is 0 Å². The van der Waals surface area contributed by atoms with Gasteiger partial charge in [-0.05, 0) is 27.7 Å². The van der Waals surface area contributed by atoms with Crippen molar-refractivity contribution < 1.29 is 17.9 Å². The Labute approximate surface area is 97.7 Å². The number of sulfone groups is 1. The molecule has 0 saturated heterocycles. The van der Waals surface area contributed by atoms with Crippen LogP contribution in [0.2, 0.25) is 0 Å². The Hall–Kier alpha value is -0.780. The maximum absolute atomic E-state index is 11.6. The Morgan fingerprint density at radius 1 is 1.25 bits per heavy atom. The zero-order chi connectivity index (χ0) is 12.9. The molecule has 0 radical (unpaired) electrons. The van der Waals surface area contributed by atoms with E-state index in [1.165, 1.54) is 4.90 Å². The molecule has 0 aromatic rings. The molecule has 16 heavy (non-hydrogen) atoms. The Morgan fingerprint density at radius 2 is 1.75 bits per heavy atom. The van der Waals surface area contributed by atoms with E-state index in [0.29, 0.717) is 0 Å². The second kappa shape index (κ2) is 6.08. The molecule has 0 aliphatic carbocycles. The quantitative estimate of drug-likeness (QED) is 0.738. The molecule has 96 valence electrons. The third-order valence-corrected chi connectivity index (χ3v) is 2.82. The number of amides is 1. The van der Waals surface area contributed by atoms with Crippen LogP contribution in [0, 0.1) is 0 Å². The van der Waals surface area contributed by atoms with E-state index in [-0.39, 0.29) is 24.4 Å². The van der Waals surface area contributed by atoms with Crippen molar-refractivity contribution in [1.82, 2.24) is 4.90 Å². The van der Waals surface area contributed by atoms with Crippen molar-refractivity contribution in [3.8, 4) is 0 Å². The van der Waals surface area contributed by atoms with E-state index in [1.54, 1.807) is 13.8 Å². The highest BCUT2D eigenvalue weighted by Gasteiger charge is 2.20. The van der Waals surface area contributed by atoms with Gasteiger partial charge >= 0.3 is 6.09 Å². The second-order valence-electron chi connectivity index (χ2n) is 4.35. The molecule has 6 heteroatoms. The van der Waals surface area contributed by atoms with Gasteiger partial charge in [0, 0.05) is 18.8 Å². The number of hydrogen-bond donors (Lipinski definition) is 0. The summed E-state index contributed by atoms with van der Waals surface area (Å²) >= 11 is 0. The van der Waals surface area contributed by atoms with E-state index in [0.717, 1.165) is 6.26 Å². The summed E-state index contributed by atoms with van der Waals surface area (Å²) in [6.45, 7) is 7.33. The third-order valence-electron chi connectivity index (χ3n) is 1.90. The zero-order valence-electron chi connectivity index (χ0n) is 10.6. The van der Waals surface area contributed by atoms with Crippen LogP contribution in [-0.4, -0.2) is 50.1 Å². The minimum Gasteiger partial charge on any atom is -0.447 e. The second-order valence-corrected chi connectivity index (χ2v) is 6.61. The summed E-state index contributed by atoms with van der Waals surface area (Å²) in [5.41, 5.74) is 0. The first-order chi connectivity index (χ1) is 7.13. The van der Waals surface area contributed by atoms with Gasteiger partial charge in [-0.3, -0.25) is 0 Å². The molecule has 0 N–H and O–H groups in total. The maximum Gasteiger partial charge on any atom is 0.410 e. The standard InChI is InChI=1S/C10H21NO4S/c1-8(2)11(6-7-16(5,13)14)10(12)15-9(3)4/h8-9H,6-7H2,1-5H3. The van der Waals surface area contributed by atoms with Crippen LogP contribution in [0.25, 0.3) is 0 Å². The van der Waals surface area contributed by atoms with Crippen LogP contribution < -0.4 is 0 Å². The van der Waals surface area contributed by atoms with Crippen molar-refractivity contribution in [3.05, 3.63) is 0 Å². The van der Waals surface area contributed by atoms with Crippen LogP contribution in [0.3, 0.4) is 0 Å². The fourth-order valence-electron chi connectivity index (χ4n) is 1.09. The van der Waals surface area contributed by atoms with Crippen molar-refractivity contribution in [2.24, 2.45) is 0 Å². The molecule has 0 atom stereocenters. The van der Waals surface area contributed by atoms with Crippen LogP contribution in [0.5, 0.6) is 0 Å². The lowest BCUT2D eigenvalue weighted by Gasteiger charge is -2.26. The van der Waals surface area contributed by atoms with E-state index >= 15 is 0 Å². The van der Waals surface area contributed by atoms with Crippen LogP contribution in [-0.2, 0) is 14.6 Å². The number of nitrogens with zero attached hydrogens (tertiary/aromatic N) is 1. The SMILES string of the molecule is CC(C)OC(=O)N(CCS(C)(=O)=O)C(C)C. The molecule has 0 bridgehead atoms. The van der Waals surface area contributed by atoms with Crippen molar-refractivity contribution in [2.75, 3.05) is 18.6 Å². The Kier molecular flexibility index (Phi) is 5.78. The first-order valence-corrected chi connectivity index (χ1v) is 7.34. The van der Waals surface area contributed by atoms with Gasteiger partial charge in [0.1, 0.15) is 9.84 Å². The van der Waals surface area contributed by atoms with Gasteiger partial charge in [-0.2, -0.15) is 0 Å². The Morgan fingerprint density at radius 3 is 2.06 bits per heavy atom. The fourth-order valence-corrected chi connectivity index (χ4v) is 1.62. The van der Waals surface area contributed by atoms with Crippen LogP contribution in [0.1, 0.15) is 27.7 Å². The number of ether oxygens (including phenoxy) is 1. The average Bonchev–Trinajstić information content (AvgIpc) is 1.99. The summed E-state index contributed by atoms with van der Waals surface area (Å²) < 4.78 is 27.1. The molecular weight excluding hydrogens is 230 g/mol. The van der Waals surface area contributed by atoms with E-state index < -0.39 is 15.9 Å². The van der Waals surface area contributed by atoms with Gasteiger partial charge in [-0.15, -0.1) is 0 Å². The highest BCUT2D eigenvalue weighted by atomic mass is 32.2. The van der Waals surface area contributed by atoms with Crippen LogP contribution in [0.15, 0.2) is 0 Å². The molecule has 0 unspecified atom stereocenters. The smallest absolute Gasteiger partial charge is 0.410 e. The highest BCUT2D eigenvalue weighted by Crippen LogP contribution is 2.04. The van der Waals surface area contributed by atoms with Gasteiger partial charge in [0.15, 0.2) is 0 Å². The fraction of sp³-hybridized carbons (Fsp3) is 0.900. The summed E-state index contributed by atoms with van der Waals surface area (Å²) in [5.74, 6) is -0.0433. The van der Waals surface area contributed by atoms with Gasteiger partial charge in [0.05, 0.1) is 11.9 Å². The molecule has 0 aromatic heterocycles. The van der Waals surface area contributed by atoms with Gasteiger partial charge in [-0.25, -0.2) is 13.2 Å². The molecule has 1 amide bonds. The average molecular weight is 251 g/mol. The predicted octanol–water partition coefficient (Wildman–Crippen LogP) is 1.29. The minimum atomic E-state index is -3.06. The first kappa shape index (κ1) is 15.2. The van der Waals surface area contributed by atoms with Crippen LogP contribution in [0.4, 0.5) is 4.79 Å². The largest absolute Gasteiger partial charge is 0.447 e. The summed E-state index contributed by atoms with van der Waals surface area (Å²) in [6.07, 6.45) is 0.486. The number of carbonyl (C=O) groups excluding carboxylic acids is 1. The van der Waals surface area contributed by atoms with E-state index in [1.807, 2.05) is 13.8 Å². The van der Waals surface area contributed by atoms with Crippen molar-refractivity contribution in [2.45, 2.75) is 39.8 Å². The Bertz CT molecular complexity index is 322. The maximum atomic E-state index is 11.6. The summed E-state index contributed by atoms with van der Waals surface area (Å²) in [4.78, 5) is 13.0. The lowest BCUT2D eigenvalue weighted by atomic mass is 10.3. The Balaban J connectivity index is 4.45. The summed E-state index contributed by atoms with van der Waals surface area (Å²) in [7, 11) is -3.06. The number of rotatable bonds is 5. The molecule has 0 rings (SSSR count). The minimum absolute atomic E-state index is 0.0433. The van der Waals surface area contributed by atoms with Gasteiger partial charge in [-0.1, -0.05) is 0 Å². The normalized spacial score (nSPS) is 11.9. The molecule has 0 aliphatic heterocycles. The summed E-state index contributed by atoms with van der Waals surface area (Å²) in [5, 5.41) is 0. The monoisotopic (exact) mass is 251 g/mol. The number of hydrogen-bond acceptors (Lipinski definition) is 4.